The number of aromatic nitrogens is 2. The second kappa shape index (κ2) is 12.0. The lowest BCUT2D eigenvalue weighted by Crippen LogP contribution is -2.42. The Kier molecular flexibility index (Phi) is 9.65. The highest BCUT2D eigenvalue weighted by Crippen LogP contribution is 2.29. The van der Waals surface area contributed by atoms with Crippen molar-refractivity contribution in [2.75, 3.05) is 18.6 Å². The van der Waals surface area contributed by atoms with Gasteiger partial charge in [0.15, 0.2) is 0 Å². The number of thioether (sulfide) groups is 1. The fourth-order valence-electron chi connectivity index (χ4n) is 3.59. The van der Waals surface area contributed by atoms with Gasteiger partial charge in [-0.25, -0.2) is 9.78 Å². The number of pyridine rings is 1. The van der Waals surface area contributed by atoms with Crippen molar-refractivity contribution in [3.05, 3.63) is 42.2 Å². The number of nitrogens with one attached hydrogen (secondary N) is 1. The fourth-order valence-corrected chi connectivity index (χ4v) is 4.06. The number of carbonyl (C=O) groups excluding carboxylic acids is 2. The topological polar surface area (TPSA) is 73.2 Å². The molecule has 0 aliphatic carbocycles. The lowest BCUT2D eigenvalue weighted by atomic mass is 10.1. The summed E-state index contributed by atoms with van der Waals surface area (Å²) in [6.07, 6.45) is 6.43. The number of hydrogen-bond donors (Lipinski definition) is 1. The Morgan fingerprint density at radius 3 is 2.68 bits per heavy atom. The van der Waals surface area contributed by atoms with E-state index in [-0.39, 0.29) is 24.9 Å². The zero-order valence-corrected chi connectivity index (χ0v) is 19.9. The summed E-state index contributed by atoms with van der Waals surface area (Å²) in [5.74, 6) is -0.0141. The SMILES string of the molecule is CCCCn1c2ccccc2c2cc(C(=O)N[C@@H](CCSC)C(=O)OCC)ncc21.Cl. The average molecular weight is 464 g/mol. The second-order valence-electron chi connectivity index (χ2n) is 7.17. The van der Waals surface area contributed by atoms with Crippen LogP contribution in [0.1, 0.15) is 43.6 Å². The smallest absolute Gasteiger partial charge is 0.328 e. The van der Waals surface area contributed by atoms with Crippen LogP contribution in [0.2, 0.25) is 0 Å². The van der Waals surface area contributed by atoms with Gasteiger partial charge >= 0.3 is 5.97 Å². The summed E-state index contributed by atoms with van der Waals surface area (Å²) in [4.78, 5) is 29.5. The molecule has 2 heterocycles. The molecule has 1 N–H and O–H groups in total. The first-order valence-electron chi connectivity index (χ1n) is 10.4. The Morgan fingerprint density at radius 2 is 1.97 bits per heavy atom. The standard InChI is InChI=1S/C23H29N3O3S.ClH/c1-4-6-12-26-20-10-8-7-9-16(20)17-14-19(24-15-21(17)26)22(27)25-18(11-13-30-3)23(28)29-5-2;/h7-10,14-15,18H,4-6,11-13H2,1-3H3,(H,25,27);1H/t18-;/m0./s1. The zero-order valence-electron chi connectivity index (χ0n) is 18.2. The normalized spacial score (nSPS) is 11.8. The first-order valence-corrected chi connectivity index (χ1v) is 11.8. The van der Waals surface area contributed by atoms with Crippen LogP contribution in [-0.2, 0) is 16.1 Å². The monoisotopic (exact) mass is 463 g/mol. The van der Waals surface area contributed by atoms with Crippen LogP contribution in [0.4, 0.5) is 0 Å². The molecule has 0 fully saturated rings. The third-order valence-corrected chi connectivity index (χ3v) is 5.76. The van der Waals surface area contributed by atoms with Gasteiger partial charge in [0, 0.05) is 22.8 Å². The van der Waals surface area contributed by atoms with Crippen molar-refractivity contribution in [3.63, 3.8) is 0 Å². The van der Waals surface area contributed by atoms with Crippen molar-refractivity contribution >= 4 is 57.9 Å². The predicted molar refractivity (Wildman–Crippen MR) is 130 cm³/mol. The van der Waals surface area contributed by atoms with Crippen molar-refractivity contribution in [2.45, 2.75) is 45.7 Å². The van der Waals surface area contributed by atoms with Crippen molar-refractivity contribution < 1.29 is 14.3 Å². The molecule has 1 amide bonds. The first kappa shape index (κ1) is 25.0. The summed E-state index contributed by atoms with van der Waals surface area (Å²) in [5.41, 5.74) is 2.47. The van der Waals surface area contributed by atoms with Crippen molar-refractivity contribution in [1.82, 2.24) is 14.9 Å². The molecule has 0 aliphatic heterocycles. The molecule has 0 radical (unpaired) electrons. The van der Waals surface area contributed by atoms with E-state index in [9.17, 15) is 9.59 Å². The molecule has 0 unspecified atom stereocenters. The number of benzene rings is 1. The van der Waals surface area contributed by atoms with Gasteiger partial charge in [0.25, 0.3) is 5.91 Å². The molecule has 8 heteroatoms. The van der Waals surface area contributed by atoms with Gasteiger partial charge in [-0.15, -0.1) is 12.4 Å². The number of ether oxygens (including phenoxy) is 1. The number of rotatable bonds is 10. The quantitative estimate of drug-likeness (QED) is 0.436. The Bertz CT molecular complexity index is 1040. The molecule has 31 heavy (non-hydrogen) atoms. The van der Waals surface area contributed by atoms with Gasteiger partial charge in [-0.05, 0) is 43.9 Å². The molecule has 0 saturated heterocycles. The number of fused-ring (bicyclic) bond motifs is 3. The third kappa shape index (κ3) is 5.71. The predicted octanol–water partition coefficient (Wildman–Crippen LogP) is 4.83. The molecular weight excluding hydrogens is 434 g/mol. The second-order valence-corrected chi connectivity index (χ2v) is 8.15. The summed E-state index contributed by atoms with van der Waals surface area (Å²) in [7, 11) is 0. The minimum Gasteiger partial charge on any atom is -0.464 e. The lowest BCUT2D eigenvalue weighted by Gasteiger charge is -2.16. The number of aryl methyl sites for hydroxylation is 1. The Morgan fingerprint density at radius 1 is 1.19 bits per heavy atom. The molecule has 3 aromatic rings. The molecule has 0 spiro atoms. The van der Waals surface area contributed by atoms with E-state index in [4.69, 9.17) is 4.74 Å². The van der Waals surface area contributed by atoms with E-state index < -0.39 is 12.0 Å². The lowest BCUT2D eigenvalue weighted by molar-refractivity contribution is -0.145. The van der Waals surface area contributed by atoms with E-state index in [1.54, 1.807) is 24.9 Å². The average Bonchev–Trinajstić information content (AvgIpc) is 3.08. The maximum atomic E-state index is 12.9. The van der Waals surface area contributed by atoms with Crippen LogP contribution in [0, 0.1) is 0 Å². The Hall–Kier alpha value is -2.25. The fraction of sp³-hybridized carbons (Fsp3) is 0.435. The zero-order chi connectivity index (χ0) is 21.5. The van der Waals surface area contributed by atoms with Crippen molar-refractivity contribution in [1.29, 1.82) is 0 Å². The molecule has 0 aliphatic rings. The van der Waals surface area contributed by atoms with Crippen LogP contribution in [0.15, 0.2) is 36.5 Å². The minimum atomic E-state index is -0.673. The summed E-state index contributed by atoms with van der Waals surface area (Å²) in [5, 5.41) is 4.91. The number of unbranched alkanes of at least 4 members (excludes halogenated alkanes) is 1. The van der Waals surface area contributed by atoms with Gasteiger partial charge in [-0.2, -0.15) is 11.8 Å². The summed E-state index contributed by atoms with van der Waals surface area (Å²) in [6.45, 7) is 5.13. The highest BCUT2D eigenvalue weighted by molar-refractivity contribution is 7.98. The summed E-state index contributed by atoms with van der Waals surface area (Å²) in [6, 6.07) is 9.36. The van der Waals surface area contributed by atoms with Crippen molar-refractivity contribution in [2.24, 2.45) is 0 Å². The molecule has 3 rings (SSSR count). The van der Waals surface area contributed by atoms with Gasteiger partial charge in [0.05, 0.1) is 18.3 Å². The van der Waals surface area contributed by atoms with E-state index in [0.717, 1.165) is 46.9 Å². The van der Waals surface area contributed by atoms with Crippen molar-refractivity contribution in [3.8, 4) is 0 Å². The molecule has 1 atom stereocenters. The van der Waals surface area contributed by atoms with E-state index in [1.165, 1.54) is 0 Å². The van der Waals surface area contributed by atoms with Crippen LogP contribution in [0.5, 0.6) is 0 Å². The van der Waals surface area contributed by atoms with Gasteiger partial charge < -0.3 is 14.6 Å². The number of halogens is 1. The highest BCUT2D eigenvalue weighted by atomic mass is 35.5. The minimum absolute atomic E-state index is 0. The van der Waals surface area contributed by atoms with Gasteiger partial charge in [0.2, 0.25) is 0 Å². The van der Waals surface area contributed by atoms with Crippen LogP contribution < -0.4 is 5.32 Å². The number of amides is 1. The maximum absolute atomic E-state index is 12.9. The van der Waals surface area contributed by atoms with E-state index in [0.29, 0.717) is 12.1 Å². The molecule has 168 valence electrons. The number of para-hydroxylation sites is 1. The van der Waals surface area contributed by atoms with Gasteiger partial charge in [-0.1, -0.05) is 31.5 Å². The first-order chi connectivity index (χ1) is 14.6. The number of hydrogen-bond acceptors (Lipinski definition) is 5. The Labute approximate surface area is 193 Å². The number of esters is 1. The van der Waals surface area contributed by atoms with Crippen LogP contribution in [0.3, 0.4) is 0 Å². The molecule has 6 nitrogen and oxygen atoms in total. The molecule has 0 saturated carbocycles. The molecular formula is C23H30ClN3O3S. The molecule has 0 bridgehead atoms. The van der Waals surface area contributed by atoms with Crippen LogP contribution in [0.25, 0.3) is 21.8 Å². The molecule has 2 aromatic heterocycles. The van der Waals surface area contributed by atoms with Gasteiger partial charge in [0.1, 0.15) is 11.7 Å². The Balaban J connectivity index is 0.00000341. The summed E-state index contributed by atoms with van der Waals surface area (Å²) >= 11 is 1.62. The number of nitrogens with zero attached hydrogens (tertiary/aromatic N) is 2. The van der Waals surface area contributed by atoms with E-state index in [2.05, 4.69) is 33.9 Å². The largest absolute Gasteiger partial charge is 0.464 e. The third-order valence-electron chi connectivity index (χ3n) is 5.11. The maximum Gasteiger partial charge on any atom is 0.328 e. The van der Waals surface area contributed by atoms with Crippen LogP contribution in [-0.4, -0.2) is 46.1 Å². The number of carbonyl (C=O) groups is 2. The highest BCUT2D eigenvalue weighted by Gasteiger charge is 2.23. The van der Waals surface area contributed by atoms with E-state index in [1.807, 2.05) is 24.5 Å². The van der Waals surface area contributed by atoms with Crippen LogP contribution >= 0.6 is 24.2 Å². The molecule has 1 aromatic carbocycles. The van der Waals surface area contributed by atoms with E-state index >= 15 is 0 Å². The van der Waals surface area contributed by atoms with Gasteiger partial charge in [-0.3, -0.25) is 4.79 Å². The summed E-state index contributed by atoms with van der Waals surface area (Å²) < 4.78 is 7.39.